The second-order valence-corrected chi connectivity index (χ2v) is 7.10. The fourth-order valence-electron chi connectivity index (χ4n) is 2.13. The van der Waals surface area contributed by atoms with Crippen LogP contribution in [0.4, 0.5) is 5.95 Å². The minimum absolute atomic E-state index is 0.107. The fraction of sp³-hybridized carbons (Fsp3) is 0.545. The summed E-state index contributed by atoms with van der Waals surface area (Å²) in [6, 6.07) is 1.51. The summed E-state index contributed by atoms with van der Waals surface area (Å²) in [6.07, 6.45) is 1.23. The SMILES string of the molecule is Cc1cc(C(=O)NCC2CCCS2(=O)=O)nc(NN)n1. The highest BCUT2D eigenvalue weighted by molar-refractivity contribution is 7.92. The normalized spacial score (nSPS) is 20.6. The lowest BCUT2D eigenvalue weighted by molar-refractivity contribution is 0.0948. The van der Waals surface area contributed by atoms with E-state index in [2.05, 4.69) is 20.7 Å². The highest BCUT2D eigenvalue weighted by atomic mass is 32.2. The van der Waals surface area contributed by atoms with E-state index in [-0.39, 0.29) is 23.9 Å². The van der Waals surface area contributed by atoms with E-state index < -0.39 is 21.0 Å². The van der Waals surface area contributed by atoms with E-state index in [1.54, 1.807) is 6.92 Å². The Morgan fingerprint density at radius 2 is 2.25 bits per heavy atom. The molecular formula is C11H17N5O3S. The summed E-state index contributed by atoms with van der Waals surface area (Å²) in [5.41, 5.74) is 3.02. The molecule has 8 nitrogen and oxygen atoms in total. The monoisotopic (exact) mass is 299 g/mol. The Balaban J connectivity index is 2.04. The predicted molar refractivity (Wildman–Crippen MR) is 73.7 cm³/mol. The smallest absolute Gasteiger partial charge is 0.270 e. The summed E-state index contributed by atoms with van der Waals surface area (Å²) in [5, 5.41) is 2.10. The molecule has 1 aliphatic heterocycles. The molecule has 1 atom stereocenters. The number of nitrogen functional groups attached to an aromatic ring is 1. The maximum absolute atomic E-state index is 12.0. The minimum Gasteiger partial charge on any atom is -0.349 e. The summed E-state index contributed by atoms with van der Waals surface area (Å²) in [7, 11) is -3.07. The van der Waals surface area contributed by atoms with Crippen LogP contribution in [0.15, 0.2) is 6.07 Å². The van der Waals surface area contributed by atoms with Gasteiger partial charge in [0.2, 0.25) is 5.95 Å². The average molecular weight is 299 g/mol. The Bertz CT molecular complexity index is 616. The van der Waals surface area contributed by atoms with Gasteiger partial charge in [-0.2, -0.15) is 0 Å². The number of rotatable bonds is 4. The molecule has 0 aromatic carbocycles. The van der Waals surface area contributed by atoms with Crippen LogP contribution in [0, 0.1) is 6.92 Å². The van der Waals surface area contributed by atoms with Gasteiger partial charge in [0.25, 0.3) is 5.91 Å². The van der Waals surface area contributed by atoms with Crippen LogP contribution in [0.3, 0.4) is 0 Å². The number of hydrogen-bond acceptors (Lipinski definition) is 7. The third-order valence-corrected chi connectivity index (χ3v) is 5.44. The first kappa shape index (κ1) is 14.7. The van der Waals surface area contributed by atoms with Crippen LogP contribution in [0.1, 0.15) is 29.0 Å². The van der Waals surface area contributed by atoms with Crippen molar-refractivity contribution in [3.63, 3.8) is 0 Å². The third kappa shape index (κ3) is 3.23. The van der Waals surface area contributed by atoms with E-state index in [0.717, 1.165) is 0 Å². The van der Waals surface area contributed by atoms with Gasteiger partial charge < -0.3 is 5.32 Å². The molecule has 1 aromatic rings. The van der Waals surface area contributed by atoms with Gasteiger partial charge in [0.15, 0.2) is 9.84 Å². The van der Waals surface area contributed by atoms with Crippen LogP contribution in [0.5, 0.6) is 0 Å². The molecule has 1 amide bonds. The number of amides is 1. The zero-order valence-electron chi connectivity index (χ0n) is 11.1. The van der Waals surface area contributed by atoms with Gasteiger partial charge in [-0.1, -0.05) is 0 Å². The topological polar surface area (TPSA) is 127 Å². The van der Waals surface area contributed by atoms with Crippen molar-refractivity contribution in [3.8, 4) is 0 Å². The molecule has 0 saturated carbocycles. The lowest BCUT2D eigenvalue weighted by Gasteiger charge is -2.11. The van der Waals surface area contributed by atoms with Crippen LogP contribution in [0.2, 0.25) is 0 Å². The Labute approximate surface area is 117 Å². The van der Waals surface area contributed by atoms with Crippen LogP contribution in [-0.2, 0) is 9.84 Å². The number of hydrazine groups is 1. The van der Waals surface area contributed by atoms with Gasteiger partial charge >= 0.3 is 0 Å². The molecule has 110 valence electrons. The van der Waals surface area contributed by atoms with E-state index in [9.17, 15) is 13.2 Å². The molecule has 2 rings (SSSR count). The standard InChI is InChI=1S/C11H17N5O3S/c1-7-5-9(15-11(14-7)16-12)10(17)13-6-8-3-2-4-20(8,18)19/h5,8H,2-4,6,12H2,1H3,(H,13,17)(H,14,15,16). The molecule has 0 aliphatic carbocycles. The second kappa shape index (κ2) is 5.71. The Morgan fingerprint density at radius 3 is 2.85 bits per heavy atom. The van der Waals surface area contributed by atoms with Gasteiger partial charge in [-0.05, 0) is 25.8 Å². The quantitative estimate of drug-likeness (QED) is 0.499. The van der Waals surface area contributed by atoms with Gasteiger partial charge in [-0.15, -0.1) is 0 Å². The first-order chi connectivity index (χ1) is 9.42. The Hall–Kier alpha value is -1.74. The van der Waals surface area contributed by atoms with Crippen molar-refractivity contribution in [2.75, 3.05) is 17.7 Å². The van der Waals surface area contributed by atoms with Gasteiger partial charge in [-0.3, -0.25) is 10.2 Å². The largest absolute Gasteiger partial charge is 0.349 e. The molecule has 0 spiro atoms. The predicted octanol–water partition coefficient (Wildman–Crippen LogP) is -0.622. The lowest BCUT2D eigenvalue weighted by atomic mass is 10.2. The van der Waals surface area contributed by atoms with E-state index >= 15 is 0 Å². The maximum Gasteiger partial charge on any atom is 0.270 e. The van der Waals surface area contributed by atoms with Crippen molar-refractivity contribution in [1.29, 1.82) is 0 Å². The van der Waals surface area contributed by atoms with E-state index in [1.807, 2.05) is 0 Å². The Kier molecular flexibility index (Phi) is 4.19. The maximum atomic E-state index is 12.0. The first-order valence-corrected chi connectivity index (χ1v) is 7.96. The number of aromatic nitrogens is 2. The molecule has 1 unspecified atom stereocenters. The number of nitrogens with zero attached hydrogens (tertiary/aromatic N) is 2. The number of carbonyl (C=O) groups is 1. The minimum atomic E-state index is -3.07. The van der Waals surface area contributed by atoms with Crippen LogP contribution in [-0.4, -0.2) is 41.8 Å². The highest BCUT2D eigenvalue weighted by Gasteiger charge is 2.31. The number of aryl methyl sites for hydroxylation is 1. The van der Waals surface area contributed by atoms with Crippen molar-refractivity contribution < 1.29 is 13.2 Å². The van der Waals surface area contributed by atoms with E-state index in [0.29, 0.717) is 18.5 Å². The number of sulfone groups is 1. The van der Waals surface area contributed by atoms with Crippen molar-refractivity contribution in [3.05, 3.63) is 17.5 Å². The van der Waals surface area contributed by atoms with Gasteiger partial charge in [0.05, 0.1) is 11.0 Å². The van der Waals surface area contributed by atoms with Crippen molar-refractivity contribution in [2.24, 2.45) is 5.84 Å². The average Bonchev–Trinajstić information content (AvgIpc) is 2.74. The number of hydrogen-bond donors (Lipinski definition) is 3. The van der Waals surface area contributed by atoms with Gasteiger partial charge in [-0.25, -0.2) is 24.2 Å². The molecule has 20 heavy (non-hydrogen) atoms. The van der Waals surface area contributed by atoms with Crippen LogP contribution in [0.25, 0.3) is 0 Å². The molecule has 9 heteroatoms. The van der Waals surface area contributed by atoms with Crippen LogP contribution < -0.4 is 16.6 Å². The van der Waals surface area contributed by atoms with Crippen molar-refractivity contribution in [2.45, 2.75) is 25.0 Å². The fourth-order valence-corrected chi connectivity index (χ4v) is 3.90. The van der Waals surface area contributed by atoms with Crippen molar-refractivity contribution >= 4 is 21.7 Å². The molecule has 2 heterocycles. The number of nitrogens with one attached hydrogen (secondary N) is 2. The molecule has 0 bridgehead atoms. The second-order valence-electron chi connectivity index (χ2n) is 4.70. The zero-order chi connectivity index (χ0) is 14.8. The molecule has 0 radical (unpaired) electrons. The molecule has 1 aromatic heterocycles. The molecular weight excluding hydrogens is 282 g/mol. The van der Waals surface area contributed by atoms with Gasteiger partial charge in [0, 0.05) is 12.2 Å². The van der Waals surface area contributed by atoms with Crippen molar-refractivity contribution in [1.82, 2.24) is 15.3 Å². The van der Waals surface area contributed by atoms with E-state index in [4.69, 9.17) is 5.84 Å². The number of nitrogens with two attached hydrogens (primary N) is 1. The first-order valence-electron chi connectivity index (χ1n) is 6.24. The van der Waals surface area contributed by atoms with E-state index in [1.165, 1.54) is 6.07 Å². The van der Waals surface area contributed by atoms with Gasteiger partial charge in [0.1, 0.15) is 5.69 Å². The molecule has 4 N–H and O–H groups in total. The summed E-state index contributed by atoms with van der Waals surface area (Å²) in [6.45, 7) is 1.82. The Morgan fingerprint density at radius 1 is 1.50 bits per heavy atom. The molecule has 1 fully saturated rings. The molecule has 1 saturated heterocycles. The number of anilines is 1. The number of carbonyl (C=O) groups excluding carboxylic acids is 1. The van der Waals surface area contributed by atoms with Crippen LogP contribution >= 0.6 is 0 Å². The molecule has 1 aliphatic rings. The summed E-state index contributed by atoms with van der Waals surface area (Å²) >= 11 is 0. The highest BCUT2D eigenvalue weighted by Crippen LogP contribution is 2.19. The lowest BCUT2D eigenvalue weighted by Crippen LogP contribution is -2.35. The summed E-state index contributed by atoms with van der Waals surface area (Å²) in [5.74, 6) is 5.11. The third-order valence-electron chi connectivity index (χ3n) is 3.17. The summed E-state index contributed by atoms with van der Waals surface area (Å²) < 4.78 is 23.3. The summed E-state index contributed by atoms with van der Waals surface area (Å²) in [4.78, 5) is 19.9. The zero-order valence-corrected chi connectivity index (χ0v) is 11.9.